The van der Waals surface area contributed by atoms with Gasteiger partial charge in [0, 0.05) is 49.3 Å². The van der Waals surface area contributed by atoms with E-state index in [0.717, 1.165) is 34.3 Å². The fraction of sp³-hybridized carbons (Fsp3) is 0.368. The van der Waals surface area contributed by atoms with E-state index >= 15 is 0 Å². The highest BCUT2D eigenvalue weighted by Crippen LogP contribution is 2.31. The largest absolute Gasteiger partial charge is 0.387 e. The van der Waals surface area contributed by atoms with Crippen LogP contribution < -0.4 is 0 Å². The Balaban J connectivity index is 1.61. The van der Waals surface area contributed by atoms with Gasteiger partial charge in [-0.05, 0) is 30.7 Å². The van der Waals surface area contributed by atoms with Crippen LogP contribution in [0, 0.1) is 0 Å². The number of hydrogen-bond acceptors (Lipinski definition) is 7. The number of fused-ring (bicyclic) bond motifs is 2. The standard InChI is InChI=1S/C19H21N3O3S2/c1-12(13-3-4-19-17(7-13)21-11-26-19)22-6-5-16-15(18(23)10-22)8-14(9-20-16)27(2,24)25/h3-4,7-9,11-12,18,23H,5-6,10H2,1-2H3/t12?,18-/m1/s1. The topological polar surface area (TPSA) is 83.4 Å². The summed E-state index contributed by atoms with van der Waals surface area (Å²) in [6.07, 6.45) is 2.43. The van der Waals surface area contributed by atoms with Crippen LogP contribution in [0.15, 0.2) is 40.9 Å². The molecular weight excluding hydrogens is 382 g/mol. The molecule has 2 atom stereocenters. The van der Waals surface area contributed by atoms with Crippen molar-refractivity contribution in [3.05, 3.63) is 52.8 Å². The van der Waals surface area contributed by atoms with E-state index in [1.807, 2.05) is 5.51 Å². The number of β-amino-alcohol motifs (C(OH)–C–C–N with tert-alkyl or cyclic N) is 1. The quantitative estimate of drug-likeness (QED) is 0.724. The number of nitrogens with zero attached hydrogens (tertiary/aromatic N) is 3. The van der Waals surface area contributed by atoms with Gasteiger partial charge >= 0.3 is 0 Å². The number of hydrogen-bond donors (Lipinski definition) is 1. The molecule has 6 nitrogen and oxygen atoms in total. The Bertz CT molecular complexity index is 1090. The Morgan fingerprint density at radius 1 is 1.30 bits per heavy atom. The average Bonchev–Trinajstić information content (AvgIpc) is 3.04. The minimum absolute atomic E-state index is 0.106. The number of benzene rings is 1. The summed E-state index contributed by atoms with van der Waals surface area (Å²) in [4.78, 5) is 11.1. The van der Waals surface area contributed by atoms with Crippen molar-refractivity contribution in [1.29, 1.82) is 0 Å². The number of aliphatic hydroxyl groups is 1. The second kappa shape index (κ2) is 6.94. The Hall–Kier alpha value is -1.87. The molecule has 142 valence electrons. The summed E-state index contributed by atoms with van der Waals surface area (Å²) >= 11 is 1.62. The van der Waals surface area contributed by atoms with Crippen LogP contribution in [-0.4, -0.2) is 47.7 Å². The molecule has 1 aliphatic rings. The normalized spacial score (nSPS) is 19.6. The molecule has 0 spiro atoms. The maximum absolute atomic E-state index is 11.8. The SMILES string of the molecule is CC(c1ccc2scnc2c1)N1CCc2ncc(S(C)(=O)=O)cc2[C@H](O)C1. The summed E-state index contributed by atoms with van der Waals surface area (Å²) in [6.45, 7) is 3.29. The molecule has 1 aliphatic heterocycles. The Morgan fingerprint density at radius 2 is 2.11 bits per heavy atom. The second-order valence-corrected chi connectivity index (χ2v) is 9.90. The zero-order chi connectivity index (χ0) is 19.2. The zero-order valence-electron chi connectivity index (χ0n) is 15.2. The van der Waals surface area contributed by atoms with Gasteiger partial charge in [-0.25, -0.2) is 13.4 Å². The number of rotatable bonds is 3. The molecule has 0 bridgehead atoms. The van der Waals surface area contributed by atoms with E-state index in [1.54, 1.807) is 17.4 Å². The molecule has 0 saturated carbocycles. The van der Waals surface area contributed by atoms with Crippen LogP contribution in [0.4, 0.5) is 0 Å². The lowest BCUT2D eigenvalue weighted by Crippen LogP contribution is -2.31. The first-order valence-corrected chi connectivity index (χ1v) is 11.5. The van der Waals surface area contributed by atoms with E-state index < -0.39 is 15.9 Å². The van der Waals surface area contributed by atoms with Gasteiger partial charge in [-0.15, -0.1) is 11.3 Å². The van der Waals surface area contributed by atoms with Crippen LogP contribution >= 0.6 is 11.3 Å². The Morgan fingerprint density at radius 3 is 2.89 bits per heavy atom. The lowest BCUT2D eigenvalue weighted by Gasteiger charge is -2.29. The minimum Gasteiger partial charge on any atom is -0.387 e. The zero-order valence-corrected chi connectivity index (χ0v) is 16.8. The van der Waals surface area contributed by atoms with Crippen molar-refractivity contribution in [2.75, 3.05) is 19.3 Å². The lowest BCUT2D eigenvalue weighted by molar-refractivity contribution is 0.0984. The number of aliphatic hydroxyl groups excluding tert-OH is 1. The molecule has 0 radical (unpaired) electrons. The van der Waals surface area contributed by atoms with Gasteiger partial charge in [0.2, 0.25) is 0 Å². The van der Waals surface area contributed by atoms with Crippen molar-refractivity contribution in [2.24, 2.45) is 0 Å². The monoisotopic (exact) mass is 403 g/mol. The van der Waals surface area contributed by atoms with Gasteiger partial charge in [0.1, 0.15) is 0 Å². The predicted molar refractivity (Wildman–Crippen MR) is 106 cm³/mol. The van der Waals surface area contributed by atoms with Crippen LogP contribution in [-0.2, 0) is 16.3 Å². The molecule has 8 heteroatoms. The molecule has 27 heavy (non-hydrogen) atoms. The van der Waals surface area contributed by atoms with Gasteiger partial charge < -0.3 is 5.11 Å². The summed E-state index contributed by atoms with van der Waals surface area (Å²) in [7, 11) is -3.35. The van der Waals surface area contributed by atoms with Crippen LogP contribution in [0.1, 0.15) is 35.9 Å². The van der Waals surface area contributed by atoms with Gasteiger partial charge in [-0.1, -0.05) is 6.07 Å². The first kappa shape index (κ1) is 18.5. The summed E-state index contributed by atoms with van der Waals surface area (Å²) < 4.78 is 24.8. The maximum atomic E-state index is 11.8. The van der Waals surface area contributed by atoms with Crippen LogP contribution in [0.3, 0.4) is 0 Å². The van der Waals surface area contributed by atoms with Gasteiger partial charge in [0.15, 0.2) is 9.84 Å². The number of sulfone groups is 1. The van der Waals surface area contributed by atoms with Crippen LogP contribution in [0.25, 0.3) is 10.2 Å². The van der Waals surface area contributed by atoms with E-state index in [9.17, 15) is 13.5 Å². The molecule has 0 fully saturated rings. The highest BCUT2D eigenvalue weighted by atomic mass is 32.2. The third-order valence-electron chi connectivity index (χ3n) is 5.19. The number of pyridine rings is 1. The summed E-state index contributed by atoms with van der Waals surface area (Å²) in [5, 5.41) is 10.7. The van der Waals surface area contributed by atoms with E-state index in [0.29, 0.717) is 18.5 Å². The summed E-state index contributed by atoms with van der Waals surface area (Å²) in [5.41, 5.74) is 5.36. The maximum Gasteiger partial charge on any atom is 0.177 e. The first-order chi connectivity index (χ1) is 12.8. The van der Waals surface area contributed by atoms with Crippen molar-refractivity contribution >= 4 is 31.4 Å². The van der Waals surface area contributed by atoms with Gasteiger partial charge in [-0.2, -0.15) is 0 Å². The molecule has 1 aromatic carbocycles. The smallest absolute Gasteiger partial charge is 0.177 e. The van der Waals surface area contributed by atoms with Crippen LogP contribution in [0.2, 0.25) is 0 Å². The fourth-order valence-electron chi connectivity index (χ4n) is 3.55. The average molecular weight is 404 g/mol. The van der Waals surface area contributed by atoms with Gasteiger partial charge in [0.25, 0.3) is 0 Å². The molecule has 3 heterocycles. The first-order valence-electron chi connectivity index (χ1n) is 8.77. The molecule has 1 N–H and O–H groups in total. The van der Waals surface area contributed by atoms with Gasteiger partial charge in [0.05, 0.1) is 26.7 Å². The number of aromatic nitrogens is 2. The molecular formula is C19H21N3O3S2. The van der Waals surface area contributed by atoms with E-state index in [1.165, 1.54) is 6.20 Å². The lowest BCUT2D eigenvalue weighted by atomic mass is 10.1. The van der Waals surface area contributed by atoms with Crippen molar-refractivity contribution in [1.82, 2.24) is 14.9 Å². The molecule has 0 saturated heterocycles. The fourth-order valence-corrected chi connectivity index (χ4v) is 4.79. The minimum atomic E-state index is -3.35. The van der Waals surface area contributed by atoms with Crippen molar-refractivity contribution < 1.29 is 13.5 Å². The Labute approximate surface area is 162 Å². The number of thiazole rings is 1. The molecule has 0 amide bonds. The third-order valence-corrected chi connectivity index (χ3v) is 7.08. The van der Waals surface area contributed by atoms with Crippen molar-refractivity contribution in [2.45, 2.75) is 30.4 Å². The molecule has 3 aromatic rings. The highest BCUT2D eigenvalue weighted by Gasteiger charge is 2.27. The Kier molecular flexibility index (Phi) is 4.75. The third kappa shape index (κ3) is 3.62. The highest BCUT2D eigenvalue weighted by molar-refractivity contribution is 7.90. The second-order valence-electron chi connectivity index (χ2n) is 7.00. The molecule has 1 unspecified atom stereocenters. The summed E-state index contributed by atoms with van der Waals surface area (Å²) in [6, 6.07) is 7.96. The van der Waals surface area contributed by atoms with Crippen molar-refractivity contribution in [3.63, 3.8) is 0 Å². The predicted octanol–water partition coefficient (Wildman–Crippen LogP) is 2.75. The van der Waals surface area contributed by atoms with Crippen molar-refractivity contribution in [3.8, 4) is 0 Å². The molecule has 0 aliphatic carbocycles. The van der Waals surface area contributed by atoms with E-state index in [4.69, 9.17) is 0 Å². The van der Waals surface area contributed by atoms with Crippen LogP contribution in [0.5, 0.6) is 0 Å². The molecule has 4 rings (SSSR count). The van der Waals surface area contributed by atoms with E-state index in [2.05, 4.69) is 40.0 Å². The van der Waals surface area contributed by atoms with E-state index in [-0.39, 0.29) is 10.9 Å². The summed E-state index contributed by atoms with van der Waals surface area (Å²) in [5.74, 6) is 0. The molecule has 2 aromatic heterocycles. The van der Waals surface area contributed by atoms with Gasteiger partial charge in [-0.3, -0.25) is 9.88 Å².